The molecule has 0 unspecified atom stereocenters. The van der Waals surface area contributed by atoms with E-state index in [4.69, 9.17) is 9.47 Å². The summed E-state index contributed by atoms with van der Waals surface area (Å²) in [5.41, 5.74) is 0. The van der Waals surface area contributed by atoms with E-state index in [2.05, 4.69) is 0 Å². The Hall–Kier alpha value is -0.410. The smallest absolute Gasteiger partial charge is 0.123 e. The molecule has 3 nitrogen and oxygen atoms in total. The highest BCUT2D eigenvalue weighted by Crippen LogP contribution is 2.29. The molecule has 0 aromatic rings. The third kappa shape index (κ3) is 3.78. The summed E-state index contributed by atoms with van der Waals surface area (Å²) in [4.78, 5) is 10.7. The number of rotatable bonds is 4. The van der Waals surface area contributed by atoms with Crippen LogP contribution in [0.15, 0.2) is 0 Å². The van der Waals surface area contributed by atoms with Crippen molar-refractivity contribution in [2.45, 2.75) is 69.7 Å². The van der Waals surface area contributed by atoms with E-state index in [9.17, 15) is 4.79 Å². The van der Waals surface area contributed by atoms with Gasteiger partial charge in [-0.15, -0.1) is 0 Å². The normalized spacial score (nSPS) is 38.9. The van der Waals surface area contributed by atoms with E-state index in [0.29, 0.717) is 24.2 Å². The van der Waals surface area contributed by atoms with E-state index in [1.54, 1.807) is 7.11 Å². The van der Waals surface area contributed by atoms with E-state index in [1.807, 2.05) is 0 Å². The highest BCUT2D eigenvalue weighted by atomic mass is 16.5. The van der Waals surface area contributed by atoms with Crippen LogP contribution in [-0.2, 0) is 14.3 Å². The molecule has 2 saturated carbocycles. The van der Waals surface area contributed by atoms with Gasteiger partial charge in [0.05, 0.1) is 18.3 Å². The lowest BCUT2D eigenvalue weighted by Crippen LogP contribution is -2.31. The van der Waals surface area contributed by atoms with Gasteiger partial charge in [-0.2, -0.15) is 0 Å². The van der Waals surface area contributed by atoms with Crippen molar-refractivity contribution in [2.75, 3.05) is 7.11 Å². The van der Waals surface area contributed by atoms with Crippen LogP contribution in [0.4, 0.5) is 0 Å². The van der Waals surface area contributed by atoms with Crippen LogP contribution in [0.2, 0.25) is 0 Å². The Morgan fingerprint density at radius 3 is 1.76 bits per heavy atom. The van der Waals surface area contributed by atoms with E-state index in [1.165, 1.54) is 0 Å². The monoisotopic (exact) mass is 240 g/mol. The lowest BCUT2D eigenvalue weighted by molar-refractivity contribution is -0.114. The summed E-state index contributed by atoms with van der Waals surface area (Å²) >= 11 is 0. The van der Waals surface area contributed by atoms with Crippen LogP contribution in [0, 0.1) is 5.92 Å². The molecule has 0 N–H and O–H groups in total. The molecule has 0 saturated heterocycles. The minimum Gasteiger partial charge on any atom is -0.381 e. The minimum atomic E-state index is 0.291. The number of carbonyl (C=O) groups is 1. The summed E-state index contributed by atoms with van der Waals surface area (Å²) in [5.74, 6) is 0.291. The first-order chi connectivity index (χ1) is 8.31. The van der Waals surface area contributed by atoms with Crippen LogP contribution in [0.5, 0.6) is 0 Å². The van der Waals surface area contributed by atoms with E-state index >= 15 is 0 Å². The zero-order valence-corrected chi connectivity index (χ0v) is 10.8. The van der Waals surface area contributed by atoms with Crippen molar-refractivity contribution in [3.63, 3.8) is 0 Å². The van der Waals surface area contributed by atoms with Crippen molar-refractivity contribution < 1.29 is 14.3 Å². The van der Waals surface area contributed by atoms with Gasteiger partial charge in [-0.1, -0.05) is 0 Å². The number of hydrogen-bond donors (Lipinski definition) is 0. The quantitative estimate of drug-likeness (QED) is 0.709. The average Bonchev–Trinajstić information content (AvgIpc) is 2.40. The third-order valence-electron chi connectivity index (χ3n) is 4.25. The van der Waals surface area contributed by atoms with Gasteiger partial charge >= 0.3 is 0 Å². The fraction of sp³-hybridized carbons (Fsp3) is 0.929. The fourth-order valence-electron chi connectivity index (χ4n) is 3.04. The fourth-order valence-corrected chi connectivity index (χ4v) is 3.04. The Morgan fingerprint density at radius 2 is 1.29 bits per heavy atom. The van der Waals surface area contributed by atoms with Crippen molar-refractivity contribution >= 4 is 6.29 Å². The summed E-state index contributed by atoms with van der Waals surface area (Å²) in [7, 11) is 1.80. The highest BCUT2D eigenvalue weighted by molar-refractivity contribution is 5.53. The van der Waals surface area contributed by atoms with Gasteiger partial charge < -0.3 is 14.3 Å². The maximum Gasteiger partial charge on any atom is 0.123 e. The molecule has 0 aromatic carbocycles. The first-order valence-electron chi connectivity index (χ1n) is 6.95. The predicted molar refractivity (Wildman–Crippen MR) is 65.9 cm³/mol. The van der Waals surface area contributed by atoms with Crippen molar-refractivity contribution in [3.8, 4) is 0 Å². The number of methoxy groups -OCH3 is 1. The SMILES string of the molecule is COC1CCC(OC2CCC(C=O)CC2)CC1. The van der Waals surface area contributed by atoms with E-state index < -0.39 is 0 Å². The van der Waals surface area contributed by atoms with Gasteiger partial charge in [0, 0.05) is 13.0 Å². The predicted octanol–water partition coefficient (Wildman–Crippen LogP) is 2.72. The van der Waals surface area contributed by atoms with Crippen LogP contribution in [-0.4, -0.2) is 31.7 Å². The van der Waals surface area contributed by atoms with E-state index in [0.717, 1.165) is 57.7 Å². The highest BCUT2D eigenvalue weighted by Gasteiger charge is 2.27. The van der Waals surface area contributed by atoms with Gasteiger partial charge in [-0.05, 0) is 51.4 Å². The summed E-state index contributed by atoms with van der Waals surface area (Å²) < 4.78 is 11.5. The molecule has 0 radical (unpaired) electrons. The van der Waals surface area contributed by atoms with Crippen molar-refractivity contribution in [3.05, 3.63) is 0 Å². The Morgan fingerprint density at radius 1 is 0.824 bits per heavy atom. The molecular weight excluding hydrogens is 216 g/mol. The lowest BCUT2D eigenvalue weighted by atomic mass is 9.88. The Bertz CT molecular complexity index is 226. The largest absolute Gasteiger partial charge is 0.381 e. The molecule has 0 amide bonds. The molecule has 0 spiro atoms. The standard InChI is InChI=1S/C14H24O3/c1-16-12-6-8-14(9-7-12)17-13-4-2-11(10-15)3-5-13/h10-14H,2-9H2,1H3. The summed E-state index contributed by atoms with van der Waals surface area (Å²) in [5, 5.41) is 0. The second-order valence-electron chi connectivity index (χ2n) is 5.44. The minimum absolute atomic E-state index is 0.291. The van der Waals surface area contributed by atoms with Crippen molar-refractivity contribution in [1.82, 2.24) is 0 Å². The zero-order valence-electron chi connectivity index (χ0n) is 10.8. The molecule has 0 bridgehead atoms. The van der Waals surface area contributed by atoms with Crippen LogP contribution < -0.4 is 0 Å². The maximum atomic E-state index is 10.7. The van der Waals surface area contributed by atoms with Gasteiger partial charge in [0.15, 0.2) is 0 Å². The molecule has 0 aliphatic heterocycles. The van der Waals surface area contributed by atoms with Crippen LogP contribution in [0.25, 0.3) is 0 Å². The Balaban J connectivity index is 1.67. The van der Waals surface area contributed by atoms with Crippen molar-refractivity contribution in [2.24, 2.45) is 5.92 Å². The molecule has 2 fully saturated rings. The second-order valence-corrected chi connectivity index (χ2v) is 5.44. The first-order valence-corrected chi connectivity index (χ1v) is 6.95. The zero-order chi connectivity index (χ0) is 12.1. The molecule has 2 aliphatic rings. The lowest BCUT2D eigenvalue weighted by Gasteiger charge is -2.33. The molecule has 98 valence electrons. The van der Waals surface area contributed by atoms with Crippen LogP contribution >= 0.6 is 0 Å². The molecule has 0 heterocycles. The van der Waals surface area contributed by atoms with Gasteiger partial charge in [-0.25, -0.2) is 0 Å². The average molecular weight is 240 g/mol. The van der Waals surface area contributed by atoms with E-state index in [-0.39, 0.29) is 0 Å². The van der Waals surface area contributed by atoms with Gasteiger partial charge in [-0.3, -0.25) is 0 Å². The number of ether oxygens (including phenoxy) is 2. The number of carbonyl (C=O) groups excluding carboxylic acids is 1. The van der Waals surface area contributed by atoms with Crippen LogP contribution in [0.1, 0.15) is 51.4 Å². The summed E-state index contributed by atoms with van der Waals surface area (Å²) in [6.07, 6.45) is 11.1. The van der Waals surface area contributed by atoms with Gasteiger partial charge in [0.2, 0.25) is 0 Å². The van der Waals surface area contributed by atoms with Crippen LogP contribution in [0.3, 0.4) is 0 Å². The Kier molecular flexibility index (Phi) is 4.99. The van der Waals surface area contributed by atoms with Crippen molar-refractivity contribution in [1.29, 1.82) is 0 Å². The second kappa shape index (κ2) is 6.50. The Labute approximate surface area is 104 Å². The topological polar surface area (TPSA) is 35.5 Å². The maximum absolute atomic E-state index is 10.7. The molecule has 2 aliphatic carbocycles. The summed E-state index contributed by atoms with van der Waals surface area (Å²) in [6, 6.07) is 0. The third-order valence-corrected chi connectivity index (χ3v) is 4.25. The summed E-state index contributed by atoms with van der Waals surface area (Å²) in [6.45, 7) is 0. The van der Waals surface area contributed by atoms with Gasteiger partial charge in [0.1, 0.15) is 6.29 Å². The molecule has 2 rings (SSSR count). The van der Waals surface area contributed by atoms with Gasteiger partial charge in [0.25, 0.3) is 0 Å². The molecule has 0 aromatic heterocycles. The molecule has 3 heteroatoms. The molecule has 0 atom stereocenters. The number of aldehydes is 1. The number of hydrogen-bond acceptors (Lipinski definition) is 3. The first kappa shape index (κ1) is 13.0. The molecular formula is C14H24O3. The molecule has 17 heavy (non-hydrogen) atoms.